The van der Waals surface area contributed by atoms with E-state index in [-0.39, 0.29) is 6.61 Å². The second kappa shape index (κ2) is 6.25. The van der Waals surface area contributed by atoms with Crippen molar-refractivity contribution < 1.29 is 14.6 Å². The molecular weight excluding hydrogens is 206 g/mol. The third-order valence-corrected chi connectivity index (χ3v) is 2.30. The molecule has 1 N–H and O–H groups in total. The monoisotopic (exact) mass is 223 g/mol. The van der Waals surface area contributed by atoms with E-state index in [0.717, 1.165) is 5.56 Å². The lowest BCUT2D eigenvalue weighted by Crippen LogP contribution is -2.39. The third kappa shape index (κ3) is 4.00. The van der Waals surface area contributed by atoms with E-state index in [1.165, 1.54) is 0 Å². The number of nitrogens with zero attached hydrogens (tertiary/aromatic N) is 1. The van der Waals surface area contributed by atoms with E-state index >= 15 is 0 Å². The van der Waals surface area contributed by atoms with Crippen LogP contribution in [-0.4, -0.2) is 42.7 Å². The standard InChI is InChI=1S/C12H17NO3/c1-13(2)11(12(14)15)9-16-8-10-6-4-3-5-7-10/h3-7,11H,8-9H2,1-2H3,(H,14,15). The number of carboxylic acids is 1. The van der Waals surface area contributed by atoms with Crippen LogP contribution >= 0.6 is 0 Å². The van der Waals surface area contributed by atoms with Crippen LogP contribution < -0.4 is 0 Å². The molecule has 1 unspecified atom stereocenters. The predicted molar refractivity (Wildman–Crippen MR) is 61.2 cm³/mol. The zero-order valence-electron chi connectivity index (χ0n) is 9.59. The van der Waals surface area contributed by atoms with Crippen molar-refractivity contribution in [3.05, 3.63) is 35.9 Å². The molecular formula is C12H17NO3. The molecule has 4 heteroatoms. The van der Waals surface area contributed by atoms with Crippen LogP contribution in [0.4, 0.5) is 0 Å². The molecule has 0 aliphatic rings. The number of rotatable bonds is 6. The summed E-state index contributed by atoms with van der Waals surface area (Å²) in [6.07, 6.45) is 0. The molecule has 0 radical (unpaired) electrons. The average Bonchev–Trinajstić information content (AvgIpc) is 2.24. The number of hydrogen-bond acceptors (Lipinski definition) is 3. The number of carbonyl (C=O) groups is 1. The minimum Gasteiger partial charge on any atom is -0.480 e. The molecule has 0 fully saturated rings. The van der Waals surface area contributed by atoms with Gasteiger partial charge in [-0.2, -0.15) is 0 Å². The second-order valence-electron chi connectivity index (χ2n) is 3.82. The molecule has 16 heavy (non-hydrogen) atoms. The van der Waals surface area contributed by atoms with Crippen molar-refractivity contribution in [2.24, 2.45) is 0 Å². The molecule has 1 aromatic rings. The number of benzene rings is 1. The summed E-state index contributed by atoms with van der Waals surface area (Å²) in [5, 5.41) is 8.92. The van der Waals surface area contributed by atoms with E-state index in [0.29, 0.717) is 6.61 Å². The van der Waals surface area contributed by atoms with Gasteiger partial charge in [0.05, 0.1) is 13.2 Å². The Morgan fingerprint density at radius 3 is 2.50 bits per heavy atom. The summed E-state index contributed by atoms with van der Waals surface area (Å²) in [4.78, 5) is 12.5. The molecule has 1 rings (SSSR count). The van der Waals surface area contributed by atoms with Gasteiger partial charge in [0, 0.05) is 0 Å². The highest BCUT2D eigenvalue weighted by Crippen LogP contribution is 2.02. The van der Waals surface area contributed by atoms with Gasteiger partial charge in [0.2, 0.25) is 0 Å². The van der Waals surface area contributed by atoms with Gasteiger partial charge >= 0.3 is 5.97 Å². The fraction of sp³-hybridized carbons (Fsp3) is 0.417. The summed E-state index contributed by atoms with van der Waals surface area (Å²) in [7, 11) is 3.45. The van der Waals surface area contributed by atoms with Crippen LogP contribution in [0.1, 0.15) is 5.56 Å². The zero-order chi connectivity index (χ0) is 12.0. The van der Waals surface area contributed by atoms with Gasteiger partial charge < -0.3 is 9.84 Å². The molecule has 0 amide bonds. The molecule has 0 bridgehead atoms. The lowest BCUT2D eigenvalue weighted by Gasteiger charge is -2.19. The van der Waals surface area contributed by atoms with E-state index in [9.17, 15) is 4.79 Å². The summed E-state index contributed by atoms with van der Waals surface area (Å²) < 4.78 is 5.38. The molecule has 0 saturated carbocycles. The molecule has 0 aromatic heterocycles. The van der Waals surface area contributed by atoms with Crippen LogP contribution in [0.15, 0.2) is 30.3 Å². The van der Waals surface area contributed by atoms with Gasteiger partial charge in [-0.15, -0.1) is 0 Å². The molecule has 0 heterocycles. The largest absolute Gasteiger partial charge is 0.480 e. The topological polar surface area (TPSA) is 49.8 Å². The second-order valence-corrected chi connectivity index (χ2v) is 3.82. The number of ether oxygens (including phenoxy) is 1. The van der Waals surface area contributed by atoms with Gasteiger partial charge in [0.25, 0.3) is 0 Å². The fourth-order valence-corrected chi connectivity index (χ4v) is 1.30. The van der Waals surface area contributed by atoms with Gasteiger partial charge in [-0.25, -0.2) is 0 Å². The predicted octanol–water partition coefficient (Wildman–Crippen LogP) is 1.22. The maximum absolute atomic E-state index is 10.9. The summed E-state index contributed by atoms with van der Waals surface area (Å²) in [6.45, 7) is 0.635. The summed E-state index contributed by atoms with van der Waals surface area (Å²) in [5.74, 6) is -0.863. The number of likely N-dealkylation sites (N-methyl/N-ethyl adjacent to an activating group) is 1. The summed E-state index contributed by atoms with van der Waals surface area (Å²) in [5.41, 5.74) is 1.05. The van der Waals surface area contributed by atoms with Crippen molar-refractivity contribution in [3.63, 3.8) is 0 Å². The van der Waals surface area contributed by atoms with Crippen LogP contribution in [0.3, 0.4) is 0 Å². The first-order chi connectivity index (χ1) is 7.61. The van der Waals surface area contributed by atoms with Crippen molar-refractivity contribution in [2.45, 2.75) is 12.6 Å². The first-order valence-corrected chi connectivity index (χ1v) is 5.12. The van der Waals surface area contributed by atoms with Crippen molar-refractivity contribution in [1.29, 1.82) is 0 Å². The average molecular weight is 223 g/mol. The molecule has 4 nitrogen and oxygen atoms in total. The van der Waals surface area contributed by atoms with E-state index in [2.05, 4.69) is 0 Å². The SMILES string of the molecule is CN(C)C(COCc1ccccc1)C(=O)O. The Labute approximate surface area is 95.5 Å². The lowest BCUT2D eigenvalue weighted by atomic mass is 10.2. The van der Waals surface area contributed by atoms with Gasteiger partial charge in [0.1, 0.15) is 6.04 Å². The van der Waals surface area contributed by atoms with Gasteiger partial charge in [-0.05, 0) is 19.7 Å². The molecule has 0 aliphatic heterocycles. The Morgan fingerprint density at radius 2 is 2.00 bits per heavy atom. The maximum atomic E-state index is 10.9. The van der Waals surface area contributed by atoms with Crippen LogP contribution in [0.25, 0.3) is 0 Å². The van der Waals surface area contributed by atoms with Crippen molar-refractivity contribution >= 4 is 5.97 Å². The van der Waals surface area contributed by atoms with Gasteiger partial charge in [-0.3, -0.25) is 9.69 Å². The van der Waals surface area contributed by atoms with Crippen LogP contribution in [0, 0.1) is 0 Å². The molecule has 0 aliphatic carbocycles. The Hall–Kier alpha value is -1.39. The van der Waals surface area contributed by atoms with Crippen molar-refractivity contribution in [3.8, 4) is 0 Å². The quantitative estimate of drug-likeness (QED) is 0.787. The zero-order valence-corrected chi connectivity index (χ0v) is 9.59. The number of hydrogen-bond donors (Lipinski definition) is 1. The maximum Gasteiger partial charge on any atom is 0.323 e. The molecule has 1 atom stereocenters. The highest BCUT2D eigenvalue weighted by Gasteiger charge is 2.19. The van der Waals surface area contributed by atoms with E-state index in [4.69, 9.17) is 9.84 Å². The first kappa shape index (κ1) is 12.7. The van der Waals surface area contributed by atoms with Gasteiger partial charge in [-0.1, -0.05) is 30.3 Å². The highest BCUT2D eigenvalue weighted by atomic mass is 16.5. The number of aliphatic carboxylic acids is 1. The Kier molecular flexibility index (Phi) is 4.95. The Morgan fingerprint density at radius 1 is 1.38 bits per heavy atom. The summed E-state index contributed by atoms with van der Waals surface area (Å²) >= 11 is 0. The van der Waals surface area contributed by atoms with Crippen molar-refractivity contribution in [1.82, 2.24) is 4.90 Å². The van der Waals surface area contributed by atoms with Crippen LogP contribution in [0.5, 0.6) is 0 Å². The molecule has 1 aromatic carbocycles. The summed E-state index contributed by atoms with van der Waals surface area (Å²) in [6, 6.07) is 9.10. The van der Waals surface area contributed by atoms with Crippen LogP contribution in [-0.2, 0) is 16.1 Å². The van der Waals surface area contributed by atoms with Crippen molar-refractivity contribution in [2.75, 3.05) is 20.7 Å². The van der Waals surface area contributed by atoms with E-state index < -0.39 is 12.0 Å². The molecule has 0 saturated heterocycles. The number of carboxylic acid groups (broad SMARTS) is 1. The Bertz CT molecular complexity index is 324. The highest BCUT2D eigenvalue weighted by molar-refractivity contribution is 5.73. The van der Waals surface area contributed by atoms with Gasteiger partial charge in [0.15, 0.2) is 0 Å². The Balaban J connectivity index is 2.37. The minimum absolute atomic E-state index is 0.192. The normalized spacial score (nSPS) is 12.7. The van der Waals surface area contributed by atoms with E-state index in [1.54, 1.807) is 19.0 Å². The third-order valence-electron chi connectivity index (χ3n) is 2.30. The first-order valence-electron chi connectivity index (χ1n) is 5.12. The molecule has 88 valence electrons. The lowest BCUT2D eigenvalue weighted by molar-refractivity contribution is -0.144. The molecule has 0 spiro atoms. The minimum atomic E-state index is -0.863. The smallest absolute Gasteiger partial charge is 0.323 e. The van der Waals surface area contributed by atoms with Crippen LogP contribution in [0.2, 0.25) is 0 Å². The van der Waals surface area contributed by atoms with E-state index in [1.807, 2.05) is 30.3 Å². The fourth-order valence-electron chi connectivity index (χ4n) is 1.30.